The fraction of sp³-hybridized carbons (Fsp3) is 0.284. The Balaban J connectivity index is 1.22. The molecule has 0 unspecified atom stereocenters. The second kappa shape index (κ2) is 28.3. The standard InChI is InChI=1S/C67H66O17Si/c1-44(68)77-57-56(54(79-65(59(57)78-45(2)69)75-41-46-27-13-6-14-28-46)43-76-85(67(3,4)5,51-37-23-11-24-38-51)52-39-25-12-26-40-52)84-66-60(83-64(73)50-35-21-10-22-36-50)58(82-63(72)49-33-19-9-20-34-49)55(81-62(71)48-31-17-8-18-32-48)53(80-66)42-74-61(70)47-29-15-7-16-30-47/h6-40,53-60,65-66H,41-43H2,1-5H3/t53-,54-,55-,56-,57+,58+,59+,60+,65+,66-/m1/s1. The van der Waals surface area contributed by atoms with Crippen LogP contribution >= 0.6 is 0 Å². The van der Waals surface area contributed by atoms with Crippen molar-refractivity contribution < 1.29 is 80.6 Å². The number of rotatable bonds is 21. The van der Waals surface area contributed by atoms with E-state index in [2.05, 4.69) is 20.8 Å². The Bertz CT molecular complexity index is 3280. The maximum Gasteiger partial charge on any atom is 0.338 e. The summed E-state index contributed by atoms with van der Waals surface area (Å²) in [5, 5.41) is 1.22. The Labute approximate surface area is 494 Å². The first-order valence-corrected chi connectivity index (χ1v) is 29.7. The van der Waals surface area contributed by atoms with Gasteiger partial charge in [0, 0.05) is 13.8 Å². The zero-order valence-electron chi connectivity index (χ0n) is 47.5. The van der Waals surface area contributed by atoms with Crippen molar-refractivity contribution in [2.75, 3.05) is 13.2 Å². The fourth-order valence-corrected chi connectivity index (χ4v) is 15.0. The summed E-state index contributed by atoms with van der Waals surface area (Å²) >= 11 is 0. The molecule has 2 saturated heterocycles. The number of carbonyl (C=O) groups excluding carboxylic acids is 6. The molecule has 0 aliphatic carbocycles. The van der Waals surface area contributed by atoms with Crippen LogP contribution in [-0.4, -0.2) is 119 Å². The molecule has 0 amide bonds. The predicted octanol–water partition coefficient (Wildman–Crippen LogP) is 9.01. The van der Waals surface area contributed by atoms with Crippen LogP contribution in [0.5, 0.6) is 0 Å². The van der Waals surface area contributed by atoms with Crippen molar-refractivity contribution in [3.05, 3.63) is 240 Å². The molecule has 0 radical (unpaired) electrons. The molecule has 2 heterocycles. The molecule has 2 aliphatic heterocycles. The second-order valence-electron chi connectivity index (χ2n) is 21.3. The van der Waals surface area contributed by atoms with Crippen LogP contribution in [0.2, 0.25) is 5.04 Å². The SMILES string of the molecule is CC(=O)O[C@@H]1[C@H](OC(C)=O)[C@@H](OCc2ccccc2)O[C@H](CO[Si](c2ccccc2)(c2ccccc2)C(C)(C)C)[C@H]1O[C@H]1O[C@H](COC(=O)c2ccccc2)[C@@H](OC(=O)c2ccccc2)[C@H](OC(=O)c2ccccc2)[C@@H]1OC(=O)c1ccccc1. The van der Waals surface area contributed by atoms with E-state index in [0.717, 1.165) is 22.9 Å². The summed E-state index contributed by atoms with van der Waals surface area (Å²) in [4.78, 5) is 84.6. The molecule has 2 fully saturated rings. The first-order chi connectivity index (χ1) is 41.1. The minimum absolute atomic E-state index is 0.0508. The topological polar surface area (TPSA) is 204 Å². The lowest BCUT2D eigenvalue weighted by Gasteiger charge is -2.50. The molecule has 440 valence electrons. The number of esters is 6. The first kappa shape index (κ1) is 61.0. The number of hydrogen-bond acceptors (Lipinski definition) is 17. The smallest absolute Gasteiger partial charge is 0.338 e. The Morgan fingerprint density at radius 1 is 0.400 bits per heavy atom. The molecule has 17 nitrogen and oxygen atoms in total. The third kappa shape index (κ3) is 15.0. The highest BCUT2D eigenvalue weighted by Crippen LogP contribution is 2.40. The molecule has 0 spiro atoms. The summed E-state index contributed by atoms with van der Waals surface area (Å²) in [6.45, 7) is 7.52. The van der Waals surface area contributed by atoms with E-state index in [4.69, 9.17) is 51.8 Å². The van der Waals surface area contributed by atoms with Gasteiger partial charge in [0.05, 0.1) is 35.5 Å². The van der Waals surface area contributed by atoms with Crippen molar-refractivity contribution >= 4 is 54.5 Å². The Morgan fingerprint density at radius 3 is 1.20 bits per heavy atom. The normalized spacial score (nSPS) is 22.2. The number of ether oxygens (including phenoxy) is 10. The van der Waals surface area contributed by atoms with Crippen LogP contribution in [0.3, 0.4) is 0 Å². The summed E-state index contributed by atoms with van der Waals surface area (Å²) in [6.07, 6.45) is -16.7. The number of benzene rings is 7. The van der Waals surface area contributed by atoms with Gasteiger partial charge in [0.2, 0.25) is 0 Å². The summed E-state index contributed by atoms with van der Waals surface area (Å²) in [7, 11) is -3.48. The third-order valence-electron chi connectivity index (χ3n) is 14.4. The van der Waals surface area contributed by atoms with Crippen LogP contribution in [0.15, 0.2) is 212 Å². The van der Waals surface area contributed by atoms with Crippen LogP contribution in [0.4, 0.5) is 0 Å². The Hall–Kier alpha value is -8.62. The van der Waals surface area contributed by atoms with Gasteiger partial charge < -0.3 is 51.8 Å². The molecule has 7 aromatic rings. The molecule has 18 heteroatoms. The Kier molecular flexibility index (Phi) is 20.3. The van der Waals surface area contributed by atoms with Gasteiger partial charge in [-0.1, -0.05) is 185 Å². The largest absolute Gasteiger partial charge is 0.459 e. The van der Waals surface area contributed by atoms with Crippen molar-refractivity contribution in [3.63, 3.8) is 0 Å². The van der Waals surface area contributed by atoms with E-state index in [9.17, 15) is 28.8 Å². The minimum atomic E-state index is -3.48. The minimum Gasteiger partial charge on any atom is -0.459 e. The lowest BCUT2D eigenvalue weighted by Crippen LogP contribution is -2.69. The summed E-state index contributed by atoms with van der Waals surface area (Å²) in [5.74, 6) is -5.26. The summed E-state index contributed by atoms with van der Waals surface area (Å²) < 4.78 is 72.4. The van der Waals surface area contributed by atoms with Crippen LogP contribution in [0.1, 0.15) is 81.6 Å². The number of carbonyl (C=O) groups is 6. The van der Waals surface area contributed by atoms with Crippen molar-refractivity contribution in [1.82, 2.24) is 0 Å². The molecule has 0 aromatic heterocycles. The molecule has 2 aliphatic rings. The van der Waals surface area contributed by atoms with E-state index in [-0.39, 0.29) is 35.5 Å². The second-order valence-corrected chi connectivity index (χ2v) is 25.6. The van der Waals surface area contributed by atoms with Gasteiger partial charge in [0.15, 0.2) is 43.1 Å². The molecule has 0 saturated carbocycles. The average Bonchev–Trinajstić information content (AvgIpc) is 1.24. The highest BCUT2D eigenvalue weighted by molar-refractivity contribution is 6.99. The van der Waals surface area contributed by atoms with Crippen molar-refractivity contribution in [1.29, 1.82) is 0 Å². The van der Waals surface area contributed by atoms with Gasteiger partial charge in [-0.25, -0.2) is 19.2 Å². The van der Waals surface area contributed by atoms with Crippen LogP contribution < -0.4 is 10.4 Å². The zero-order valence-corrected chi connectivity index (χ0v) is 48.5. The van der Waals surface area contributed by atoms with Gasteiger partial charge in [-0.3, -0.25) is 9.59 Å². The molecule has 10 atom stereocenters. The maximum absolute atomic E-state index is 14.7. The average molecular weight is 1170 g/mol. The van der Waals surface area contributed by atoms with Crippen molar-refractivity contribution in [3.8, 4) is 0 Å². The van der Waals surface area contributed by atoms with E-state index in [0.29, 0.717) is 0 Å². The van der Waals surface area contributed by atoms with Gasteiger partial charge in [0.25, 0.3) is 8.32 Å². The van der Waals surface area contributed by atoms with Crippen LogP contribution in [-0.2, 0) is 68.0 Å². The van der Waals surface area contributed by atoms with Gasteiger partial charge in [-0.15, -0.1) is 0 Å². The predicted molar refractivity (Wildman–Crippen MR) is 312 cm³/mol. The van der Waals surface area contributed by atoms with E-state index in [1.165, 1.54) is 55.5 Å². The van der Waals surface area contributed by atoms with E-state index in [1.54, 1.807) is 72.8 Å². The fourth-order valence-electron chi connectivity index (χ4n) is 10.5. The van der Waals surface area contributed by atoms with Gasteiger partial charge in [-0.05, 0) is 69.5 Å². The van der Waals surface area contributed by atoms with E-state index < -0.39 is 117 Å². The maximum atomic E-state index is 14.7. The summed E-state index contributed by atoms with van der Waals surface area (Å²) in [5.41, 5.74) is 1.08. The molecule has 0 bridgehead atoms. The lowest BCUT2D eigenvalue weighted by molar-refractivity contribution is -0.359. The molecular weight excluding hydrogens is 1100 g/mol. The van der Waals surface area contributed by atoms with Gasteiger partial charge in [0.1, 0.15) is 24.9 Å². The highest BCUT2D eigenvalue weighted by Gasteiger charge is 2.59. The zero-order chi connectivity index (χ0) is 59.9. The van der Waals surface area contributed by atoms with Crippen molar-refractivity contribution in [2.24, 2.45) is 0 Å². The van der Waals surface area contributed by atoms with Crippen LogP contribution in [0, 0.1) is 0 Å². The lowest BCUT2D eigenvalue weighted by atomic mass is 9.95. The molecule has 7 aromatic carbocycles. The quantitative estimate of drug-likeness (QED) is 0.0374. The molecular formula is C67H66O17Si. The van der Waals surface area contributed by atoms with Gasteiger partial charge in [-0.2, -0.15) is 0 Å². The van der Waals surface area contributed by atoms with Gasteiger partial charge >= 0.3 is 35.8 Å². The van der Waals surface area contributed by atoms with E-state index >= 15 is 0 Å². The third-order valence-corrected chi connectivity index (χ3v) is 19.4. The first-order valence-electron chi connectivity index (χ1n) is 27.8. The molecule has 85 heavy (non-hydrogen) atoms. The summed E-state index contributed by atoms with van der Waals surface area (Å²) in [6, 6.07) is 60.6. The van der Waals surface area contributed by atoms with Crippen molar-refractivity contribution in [2.45, 2.75) is 108 Å². The monoisotopic (exact) mass is 1170 g/mol. The number of hydrogen-bond donors (Lipinski definition) is 0. The Morgan fingerprint density at radius 2 is 0.753 bits per heavy atom. The molecule has 9 rings (SSSR count). The van der Waals surface area contributed by atoms with E-state index in [1.807, 2.05) is 91.0 Å². The molecule has 0 N–H and O–H groups in total. The highest BCUT2D eigenvalue weighted by atomic mass is 28.4. The van der Waals surface area contributed by atoms with Crippen LogP contribution in [0.25, 0.3) is 0 Å².